The number of carboxylic acids is 1. The first-order valence-electron chi connectivity index (χ1n) is 5.83. The van der Waals surface area contributed by atoms with Gasteiger partial charge in [0.25, 0.3) is 0 Å². The number of carbonyl (C=O) groups is 1. The van der Waals surface area contributed by atoms with Crippen molar-refractivity contribution in [1.29, 1.82) is 0 Å². The van der Waals surface area contributed by atoms with E-state index in [0.717, 1.165) is 23.6 Å². The summed E-state index contributed by atoms with van der Waals surface area (Å²) in [5.74, 6) is -0.337. The van der Waals surface area contributed by atoms with Gasteiger partial charge in [-0.1, -0.05) is 13.0 Å². The molecule has 1 rings (SSSR count). The Morgan fingerprint density at radius 1 is 1.44 bits per heavy atom. The first kappa shape index (κ1) is 14.3. The third kappa shape index (κ3) is 4.59. The lowest BCUT2D eigenvalue weighted by molar-refractivity contribution is -0.131. The Morgan fingerprint density at radius 3 is 2.83 bits per heavy atom. The first-order valence-corrected chi connectivity index (χ1v) is 5.83. The maximum atomic E-state index is 10.5. The van der Waals surface area contributed by atoms with Crippen molar-refractivity contribution in [1.82, 2.24) is 0 Å². The topological polar surface area (TPSA) is 55.8 Å². The van der Waals surface area contributed by atoms with Crippen molar-refractivity contribution in [3.05, 3.63) is 35.4 Å². The van der Waals surface area contributed by atoms with E-state index in [1.165, 1.54) is 6.08 Å². The van der Waals surface area contributed by atoms with Crippen molar-refractivity contribution in [3.8, 4) is 5.75 Å². The van der Waals surface area contributed by atoms with Gasteiger partial charge in [0.2, 0.25) is 0 Å². The molecular weight excluding hydrogens is 232 g/mol. The molecule has 0 aliphatic heterocycles. The minimum absolute atomic E-state index is 0.520. The van der Waals surface area contributed by atoms with E-state index in [4.69, 9.17) is 14.6 Å². The number of carboxylic acid groups (broad SMARTS) is 1. The van der Waals surface area contributed by atoms with Crippen LogP contribution in [0.2, 0.25) is 0 Å². The molecule has 0 saturated heterocycles. The second-order valence-electron chi connectivity index (χ2n) is 3.80. The Kier molecular flexibility index (Phi) is 5.94. The van der Waals surface area contributed by atoms with Gasteiger partial charge in [-0.15, -0.1) is 0 Å². The molecule has 0 bridgehead atoms. The quantitative estimate of drug-likeness (QED) is 0.597. The van der Waals surface area contributed by atoms with Crippen LogP contribution >= 0.6 is 0 Å². The van der Waals surface area contributed by atoms with Crippen LogP contribution in [0.15, 0.2) is 24.3 Å². The SMILES string of the molecule is CCCOCc1ccc(OC)c(/C=C/C(=O)O)c1. The minimum atomic E-state index is -0.982. The van der Waals surface area contributed by atoms with E-state index in [2.05, 4.69) is 6.92 Å². The van der Waals surface area contributed by atoms with Crippen LogP contribution in [0.1, 0.15) is 24.5 Å². The number of hydrogen-bond donors (Lipinski definition) is 1. The van der Waals surface area contributed by atoms with Gasteiger partial charge in [0.15, 0.2) is 0 Å². The molecular formula is C14H18O4. The Hall–Kier alpha value is -1.81. The highest BCUT2D eigenvalue weighted by Gasteiger charge is 2.02. The summed E-state index contributed by atoms with van der Waals surface area (Å²) < 4.78 is 10.6. The molecule has 0 unspecified atom stereocenters. The lowest BCUT2D eigenvalue weighted by Gasteiger charge is -2.08. The summed E-state index contributed by atoms with van der Waals surface area (Å²) >= 11 is 0. The zero-order valence-corrected chi connectivity index (χ0v) is 10.7. The van der Waals surface area contributed by atoms with Gasteiger partial charge >= 0.3 is 5.97 Å². The first-order chi connectivity index (χ1) is 8.67. The fourth-order valence-electron chi connectivity index (χ4n) is 1.50. The van der Waals surface area contributed by atoms with Crippen LogP contribution in [0.3, 0.4) is 0 Å². The van der Waals surface area contributed by atoms with E-state index < -0.39 is 5.97 Å². The number of aliphatic carboxylic acids is 1. The second-order valence-corrected chi connectivity index (χ2v) is 3.80. The molecule has 4 nitrogen and oxygen atoms in total. The molecule has 0 spiro atoms. The third-order valence-electron chi connectivity index (χ3n) is 2.32. The van der Waals surface area contributed by atoms with Crippen LogP contribution in [0, 0.1) is 0 Å². The standard InChI is InChI=1S/C14H18O4/c1-3-8-18-10-11-4-6-13(17-2)12(9-11)5-7-14(15)16/h4-7,9H,3,8,10H2,1-2H3,(H,15,16)/b7-5+. The molecule has 1 N–H and O–H groups in total. The molecule has 0 radical (unpaired) electrons. The van der Waals surface area contributed by atoms with Gasteiger partial charge in [0, 0.05) is 18.2 Å². The van der Waals surface area contributed by atoms with Crippen LogP contribution in [0.4, 0.5) is 0 Å². The lowest BCUT2D eigenvalue weighted by atomic mass is 10.1. The molecule has 0 fully saturated rings. The summed E-state index contributed by atoms with van der Waals surface area (Å²) in [4.78, 5) is 10.5. The molecule has 0 saturated carbocycles. The number of methoxy groups -OCH3 is 1. The summed E-state index contributed by atoms with van der Waals surface area (Å²) in [6, 6.07) is 5.59. The highest BCUT2D eigenvalue weighted by molar-refractivity contribution is 5.85. The van der Waals surface area contributed by atoms with Crippen molar-refractivity contribution in [2.24, 2.45) is 0 Å². The third-order valence-corrected chi connectivity index (χ3v) is 2.32. The smallest absolute Gasteiger partial charge is 0.328 e. The van der Waals surface area contributed by atoms with Gasteiger partial charge in [-0.25, -0.2) is 4.79 Å². The van der Waals surface area contributed by atoms with Gasteiger partial charge < -0.3 is 14.6 Å². The largest absolute Gasteiger partial charge is 0.496 e. The molecule has 0 amide bonds. The zero-order valence-electron chi connectivity index (χ0n) is 10.7. The fourth-order valence-corrected chi connectivity index (χ4v) is 1.50. The van der Waals surface area contributed by atoms with Crippen LogP contribution in [0.5, 0.6) is 5.75 Å². The maximum Gasteiger partial charge on any atom is 0.328 e. The minimum Gasteiger partial charge on any atom is -0.496 e. The highest BCUT2D eigenvalue weighted by atomic mass is 16.5. The Morgan fingerprint density at radius 2 is 2.22 bits per heavy atom. The van der Waals surface area contributed by atoms with E-state index in [9.17, 15) is 4.79 Å². The molecule has 0 heterocycles. The van der Waals surface area contributed by atoms with Gasteiger partial charge in [0.1, 0.15) is 5.75 Å². The van der Waals surface area contributed by atoms with Gasteiger partial charge in [-0.2, -0.15) is 0 Å². The van der Waals surface area contributed by atoms with Gasteiger partial charge in [-0.3, -0.25) is 0 Å². The number of hydrogen-bond acceptors (Lipinski definition) is 3. The monoisotopic (exact) mass is 250 g/mol. The van der Waals surface area contributed by atoms with Gasteiger partial charge in [-0.05, 0) is 30.2 Å². The molecule has 98 valence electrons. The fraction of sp³-hybridized carbons (Fsp3) is 0.357. The molecule has 18 heavy (non-hydrogen) atoms. The highest BCUT2D eigenvalue weighted by Crippen LogP contribution is 2.21. The number of rotatable bonds is 7. The summed E-state index contributed by atoms with van der Waals surface area (Å²) in [7, 11) is 1.56. The summed E-state index contributed by atoms with van der Waals surface area (Å²) in [5, 5.41) is 8.63. The molecule has 0 aliphatic rings. The second kappa shape index (κ2) is 7.50. The molecule has 4 heteroatoms. The van der Waals surface area contributed by atoms with Crippen LogP contribution in [0.25, 0.3) is 6.08 Å². The summed E-state index contributed by atoms with van der Waals surface area (Å²) in [5.41, 5.74) is 1.73. The van der Waals surface area contributed by atoms with Crippen LogP contribution in [-0.4, -0.2) is 24.8 Å². The normalized spacial score (nSPS) is 10.8. The van der Waals surface area contributed by atoms with Crippen molar-refractivity contribution < 1.29 is 19.4 Å². The molecule has 1 aromatic rings. The zero-order chi connectivity index (χ0) is 13.4. The van der Waals surface area contributed by atoms with E-state index in [1.54, 1.807) is 7.11 Å². The average molecular weight is 250 g/mol. The molecule has 0 atom stereocenters. The van der Waals surface area contributed by atoms with Crippen molar-refractivity contribution in [2.45, 2.75) is 20.0 Å². The van der Waals surface area contributed by atoms with E-state index >= 15 is 0 Å². The lowest BCUT2D eigenvalue weighted by Crippen LogP contribution is -1.96. The van der Waals surface area contributed by atoms with Crippen LogP contribution in [-0.2, 0) is 16.1 Å². The Balaban J connectivity index is 2.84. The number of ether oxygens (including phenoxy) is 2. The molecule has 1 aromatic carbocycles. The maximum absolute atomic E-state index is 10.5. The van der Waals surface area contributed by atoms with E-state index in [-0.39, 0.29) is 0 Å². The van der Waals surface area contributed by atoms with E-state index in [1.807, 2.05) is 18.2 Å². The predicted molar refractivity (Wildman–Crippen MR) is 69.6 cm³/mol. The predicted octanol–water partition coefficient (Wildman–Crippen LogP) is 2.72. The van der Waals surface area contributed by atoms with Crippen LogP contribution < -0.4 is 4.74 Å². The van der Waals surface area contributed by atoms with Crippen molar-refractivity contribution >= 4 is 12.0 Å². The van der Waals surface area contributed by atoms with Crippen molar-refractivity contribution in [2.75, 3.05) is 13.7 Å². The molecule has 0 aromatic heterocycles. The van der Waals surface area contributed by atoms with Gasteiger partial charge in [0.05, 0.1) is 13.7 Å². The summed E-state index contributed by atoms with van der Waals surface area (Å²) in [6.07, 6.45) is 3.58. The Labute approximate surface area is 107 Å². The van der Waals surface area contributed by atoms with Crippen molar-refractivity contribution in [3.63, 3.8) is 0 Å². The van der Waals surface area contributed by atoms with E-state index in [0.29, 0.717) is 19.0 Å². The molecule has 0 aliphatic carbocycles. The summed E-state index contributed by atoms with van der Waals surface area (Å²) in [6.45, 7) is 3.28. The average Bonchev–Trinajstić information content (AvgIpc) is 2.37. The Bertz CT molecular complexity index is 424. The number of benzene rings is 1.